The minimum Gasteiger partial charge on any atom is -0.497 e. The number of amides is 3. The Hall–Kier alpha value is -2.09. The summed E-state index contributed by atoms with van der Waals surface area (Å²) in [5.74, 6) is 0.114. The van der Waals surface area contributed by atoms with Crippen LogP contribution in [0.3, 0.4) is 0 Å². The van der Waals surface area contributed by atoms with Gasteiger partial charge in [-0.3, -0.25) is 9.69 Å². The number of carbonyl (C=O) groups is 2. The van der Waals surface area contributed by atoms with Gasteiger partial charge >= 0.3 is 6.03 Å². The molecular formula is C14H18N2O5S. The summed E-state index contributed by atoms with van der Waals surface area (Å²) in [6.45, 7) is 0.340. The maximum absolute atomic E-state index is 12.1. The number of hydrogen-bond donors (Lipinski definition) is 1. The SMILES string of the molecule is COc1ccc(S(=O)(=O)CCNC(=O)N2CCCC2=O)cc1. The lowest BCUT2D eigenvalue weighted by molar-refractivity contribution is -0.125. The summed E-state index contributed by atoms with van der Waals surface area (Å²) in [4.78, 5) is 24.4. The van der Waals surface area contributed by atoms with Crippen molar-refractivity contribution in [3.63, 3.8) is 0 Å². The highest BCUT2D eigenvalue weighted by Crippen LogP contribution is 2.16. The van der Waals surface area contributed by atoms with Crippen LogP contribution in [0.25, 0.3) is 0 Å². The van der Waals surface area contributed by atoms with Gasteiger partial charge in [0.1, 0.15) is 5.75 Å². The first-order chi connectivity index (χ1) is 10.4. The van der Waals surface area contributed by atoms with Crippen LogP contribution in [0, 0.1) is 0 Å². The largest absolute Gasteiger partial charge is 0.497 e. The van der Waals surface area contributed by atoms with Crippen LogP contribution in [0.4, 0.5) is 4.79 Å². The molecule has 1 heterocycles. The normalized spacial score (nSPS) is 15.0. The van der Waals surface area contributed by atoms with E-state index in [1.54, 1.807) is 12.1 Å². The van der Waals surface area contributed by atoms with E-state index in [-0.39, 0.29) is 23.1 Å². The summed E-state index contributed by atoms with van der Waals surface area (Å²) in [6, 6.07) is 5.51. The van der Waals surface area contributed by atoms with Crippen molar-refractivity contribution in [2.75, 3.05) is 26.0 Å². The summed E-state index contributed by atoms with van der Waals surface area (Å²) >= 11 is 0. The van der Waals surface area contributed by atoms with Crippen LogP contribution in [-0.2, 0) is 14.6 Å². The molecule has 8 heteroatoms. The van der Waals surface area contributed by atoms with Crippen LogP contribution in [0.2, 0.25) is 0 Å². The van der Waals surface area contributed by atoms with Gasteiger partial charge in [-0.25, -0.2) is 13.2 Å². The maximum Gasteiger partial charge on any atom is 0.324 e. The molecule has 0 aliphatic carbocycles. The van der Waals surface area contributed by atoms with Crippen molar-refractivity contribution in [3.05, 3.63) is 24.3 Å². The fourth-order valence-electron chi connectivity index (χ4n) is 2.15. The number of ether oxygens (including phenoxy) is 1. The van der Waals surface area contributed by atoms with Gasteiger partial charge in [-0.05, 0) is 30.7 Å². The first-order valence-electron chi connectivity index (χ1n) is 6.89. The molecular weight excluding hydrogens is 308 g/mol. The lowest BCUT2D eigenvalue weighted by atomic mass is 10.3. The highest BCUT2D eigenvalue weighted by atomic mass is 32.2. The number of carbonyl (C=O) groups excluding carboxylic acids is 2. The molecule has 0 atom stereocenters. The van der Waals surface area contributed by atoms with Crippen LogP contribution in [0.1, 0.15) is 12.8 Å². The Labute approximate surface area is 129 Å². The van der Waals surface area contributed by atoms with Gasteiger partial charge in [-0.15, -0.1) is 0 Å². The predicted octanol–water partition coefficient (Wildman–Crippen LogP) is 0.801. The van der Waals surface area contributed by atoms with E-state index in [0.29, 0.717) is 25.1 Å². The van der Waals surface area contributed by atoms with Crippen molar-refractivity contribution in [1.29, 1.82) is 0 Å². The molecule has 7 nitrogen and oxygen atoms in total. The van der Waals surface area contributed by atoms with E-state index in [1.165, 1.54) is 19.2 Å². The number of hydrogen-bond acceptors (Lipinski definition) is 5. The van der Waals surface area contributed by atoms with Gasteiger partial charge < -0.3 is 10.1 Å². The molecule has 22 heavy (non-hydrogen) atoms. The van der Waals surface area contributed by atoms with Crippen LogP contribution in [0.15, 0.2) is 29.2 Å². The third-order valence-corrected chi connectivity index (χ3v) is 5.12. The highest BCUT2D eigenvalue weighted by molar-refractivity contribution is 7.91. The molecule has 0 saturated carbocycles. The lowest BCUT2D eigenvalue weighted by Crippen LogP contribution is -2.42. The number of benzene rings is 1. The van der Waals surface area contributed by atoms with Gasteiger partial charge in [0.25, 0.3) is 0 Å². The van der Waals surface area contributed by atoms with E-state index >= 15 is 0 Å². The number of nitrogens with zero attached hydrogens (tertiary/aromatic N) is 1. The van der Waals surface area contributed by atoms with Crippen LogP contribution in [0.5, 0.6) is 5.75 Å². The van der Waals surface area contributed by atoms with Gasteiger partial charge in [-0.1, -0.05) is 0 Å². The second-order valence-corrected chi connectivity index (χ2v) is 6.98. The number of rotatable bonds is 5. The van der Waals surface area contributed by atoms with E-state index < -0.39 is 15.9 Å². The Morgan fingerprint density at radius 1 is 1.32 bits per heavy atom. The Bertz CT molecular complexity index is 654. The minimum atomic E-state index is -3.49. The molecule has 2 rings (SSSR count). The molecule has 1 N–H and O–H groups in total. The fourth-order valence-corrected chi connectivity index (χ4v) is 3.31. The van der Waals surface area contributed by atoms with Crippen molar-refractivity contribution in [3.8, 4) is 5.75 Å². The van der Waals surface area contributed by atoms with Crippen molar-refractivity contribution < 1.29 is 22.7 Å². The van der Waals surface area contributed by atoms with Crippen molar-refractivity contribution in [1.82, 2.24) is 10.2 Å². The third-order valence-electron chi connectivity index (χ3n) is 3.38. The number of urea groups is 1. The second kappa shape index (κ2) is 6.78. The standard InChI is InChI=1S/C14H18N2O5S/c1-21-11-4-6-12(7-5-11)22(19,20)10-8-15-14(18)16-9-2-3-13(16)17/h4-7H,2-3,8-10H2,1H3,(H,15,18). The van der Waals surface area contributed by atoms with E-state index in [4.69, 9.17) is 4.74 Å². The van der Waals surface area contributed by atoms with Gasteiger partial charge in [-0.2, -0.15) is 0 Å². The quantitative estimate of drug-likeness (QED) is 0.864. The average molecular weight is 326 g/mol. The average Bonchev–Trinajstić information content (AvgIpc) is 2.93. The summed E-state index contributed by atoms with van der Waals surface area (Å²) in [6.07, 6.45) is 1.01. The molecule has 1 saturated heterocycles. The Morgan fingerprint density at radius 3 is 2.55 bits per heavy atom. The van der Waals surface area contributed by atoms with Crippen molar-refractivity contribution in [2.24, 2.45) is 0 Å². The van der Waals surface area contributed by atoms with E-state index in [9.17, 15) is 18.0 Å². The van der Waals surface area contributed by atoms with E-state index in [2.05, 4.69) is 5.32 Å². The minimum absolute atomic E-state index is 0.0447. The van der Waals surface area contributed by atoms with E-state index in [1.807, 2.05) is 0 Å². The first-order valence-corrected chi connectivity index (χ1v) is 8.54. The van der Waals surface area contributed by atoms with E-state index in [0.717, 1.165) is 4.90 Å². The topological polar surface area (TPSA) is 92.8 Å². The molecule has 1 fully saturated rings. The van der Waals surface area contributed by atoms with Crippen LogP contribution < -0.4 is 10.1 Å². The van der Waals surface area contributed by atoms with Gasteiger partial charge in [0.05, 0.1) is 17.8 Å². The molecule has 1 aromatic rings. The van der Waals surface area contributed by atoms with Crippen molar-refractivity contribution >= 4 is 21.8 Å². The number of imide groups is 1. The maximum atomic E-state index is 12.1. The van der Waals surface area contributed by atoms with Gasteiger partial charge in [0.2, 0.25) is 5.91 Å². The summed E-state index contributed by atoms with van der Waals surface area (Å²) in [5.41, 5.74) is 0. The zero-order valence-corrected chi connectivity index (χ0v) is 13.1. The first kappa shape index (κ1) is 16.3. The Morgan fingerprint density at radius 2 is 2.00 bits per heavy atom. The number of likely N-dealkylation sites (tertiary alicyclic amines) is 1. The third kappa shape index (κ3) is 3.76. The molecule has 0 spiro atoms. The summed E-state index contributed by atoms with van der Waals surface area (Å²) in [7, 11) is -1.99. The van der Waals surface area contributed by atoms with Gasteiger partial charge in [0.15, 0.2) is 9.84 Å². The molecule has 3 amide bonds. The Balaban J connectivity index is 1.89. The summed E-state index contributed by atoms with van der Waals surface area (Å²) in [5, 5.41) is 2.47. The zero-order chi connectivity index (χ0) is 16.2. The second-order valence-electron chi connectivity index (χ2n) is 4.88. The molecule has 0 bridgehead atoms. The molecule has 1 aromatic carbocycles. The Kier molecular flexibility index (Phi) is 5.02. The van der Waals surface area contributed by atoms with Gasteiger partial charge in [0, 0.05) is 19.5 Å². The number of nitrogens with one attached hydrogen (secondary N) is 1. The molecule has 0 aromatic heterocycles. The molecule has 0 radical (unpaired) electrons. The molecule has 1 aliphatic rings. The lowest BCUT2D eigenvalue weighted by Gasteiger charge is -2.14. The van der Waals surface area contributed by atoms with Crippen molar-refractivity contribution in [2.45, 2.75) is 17.7 Å². The predicted molar refractivity (Wildman–Crippen MR) is 79.4 cm³/mol. The monoisotopic (exact) mass is 326 g/mol. The molecule has 1 aliphatic heterocycles. The molecule has 0 unspecified atom stereocenters. The summed E-state index contributed by atoms with van der Waals surface area (Å²) < 4.78 is 29.2. The molecule has 120 valence electrons. The fraction of sp³-hybridized carbons (Fsp3) is 0.429. The highest BCUT2D eigenvalue weighted by Gasteiger charge is 2.26. The van der Waals surface area contributed by atoms with Crippen LogP contribution in [-0.4, -0.2) is 51.2 Å². The zero-order valence-electron chi connectivity index (χ0n) is 12.2. The number of sulfone groups is 1. The number of methoxy groups -OCH3 is 1. The smallest absolute Gasteiger partial charge is 0.324 e. The van der Waals surface area contributed by atoms with Crippen LogP contribution >= 0.6 is 0 Å².